The molecule has 1 aromatic heterocycles. The van der Waals surface area contributed by atoms with E-state index in [1.807, 2.05) is 11.8 Å². The number of aliphatic hydroxyl groups is 1. The first kappa shape index (κ1) is 13.5. The third kappa shape index (κ3) is 3.09. The third-order valence-corrected chi connectivity index (χ3v) is 2.84. The van der Waals surface area contributed by atoms with Gasteiger partial charge in [-0.2, -0.15) is 0 Å². The summed E-state index contributed by atoms with van der Waals surface area (Å²) in [6.07, 6.45) is -0.245. The molecule has 0 aliphatic carbocycles. The average Bonchev–Trinajstić information content (AvgIpc) is 2.45. The Morgan fingerprint density at radius 2 is 2.42 bits per heavy atom. The van der Waals surface area contributed by atoms with E-state index in [-0.39, 0.29) is 18.5 Å². The minimum absolute atomic E-state index is 0.0462. The predicted molar refractivity (Wildman–Crippen MR) is 68.3 cm³/mol. The van der Waals surface area contributed by atoms with E-state index in [9.17, 15) is 0 Å². The maximum atomic E-state index is 9.13. The highest BCUT2D eigenvalue weighted by Crippen LogP contribution is 2.14. The standard InChI is InChI=1S/C11H17N5O3/c1-7-4-9(10(12)15-18)14-11(13-7)16-2-3-19-8(5-16)6-17/h4,8,17-18H,2-3,5-6H2,1H3,(H2,12,15). The van der Waals surface area contributed by atoms with Gasteiger partial charge in [0.2, 0.25) is 5.95 Å². The third-order valence-electron chi connectivity index (χ3n) is 2.84. The molecule has 2 rings (SSSR count). The van der Waals surface area contributed by atoms with Crippen molar-refractivity contribution in [1.29, 1.82) is 0 Å². The van der Waals surface area contributed by atoms with E-state index in [2.05, 4.69) is 15.1 Å². The molecule has 1 unspecified atom stereocenters. The number of morpholine rings is 1. The molecule has 0 amide bonds. The Morgan fingerprint density at radius 1 is 1.63 bits per heavy atom. The van der Waals surface area contributed by atoms with Crippen LogP contribution in [0, 0.1) is 6.92 Å². The van der Waals surface area contributed by atoms with Crippen LogP contribution in [0.15, 0.2) is 11.2 Å². The summed E-state index contributed by atoms with van der Waals surface area (Å²) < 4.78 is 5.37. The van der Waals surface area contributed by atoms with Crippen LogP contribution < -0.4 is 10.6 Å². The molecule has 1 fully saturated rings. The summed E-state index contributed by atoms with van der Waals surface area (Å²) >= 11 is 0. The molecule has 0 bridgehead atoms. The topological polar surface area (TPSA) is 117 Å². The fourth-order valence-electron chi connectivity index (χ4n) is 1.89. The van der Waals surface area contributed by atoms with Crippen LogP contribution >= 0.6 is 0 Å². The highest BCUT2D eigenvalue weighted by molar-refractivity contribution is 5.95. The van der Waals surface area contributed by atoms with Gasteiger partial charge in [0.05, 0.1) is 19.3 Å². The van der Waals surface area contributed by atoms with Crippen molar-refractivity contribution < 1.29 is 15.1 Å². The highest BCUT2D eigenvalue weighted by atomic mass is 16.5. The van der Waals surface area contributed by atoms with Crippen LogP contribution in [0.25, 0.3) is 0 Å². The van der Waals surface area contributed by atoms with Gasteiger partial charge in [-0.3, -0.25) is 0 Å². The zero-order valence-corrected chi connectivity index (χ0v) is 10.7. The molecule has 8 heteroatoms. The molecule has 0 radical (unpaired) electrons. The predicted octanol–water partition coefficient (Wildman–Crippen LogP) is -0.923. The molecule has 1 aliphatic heterocycles. The highest BCUT2D eigenvalue weighted by Gasteiger charge is 2.22. The van der Waals surface area contributed by atoms with Gasteiger partial charge in [-0.25, -0.2) is 9.97 Å². The van der Waals surface area contributed by atoms with Crippen molar-refractivity contribution in [3.63, 3.8) is 0 Å². The van der Waals surface area contributed by atoms with E-state index >= 15 is 0 Å². The Kier molecular flexibility index (Phi) is 4.13. The molecule has 104 valence electrons. The van der Waals surface area contributed by atoms with Crippen LogP contribution in [-0.2, 0) is 4.74 Å². The van der Waals surface area contributed by atoms with E-state index in [4.69, 9.17) is 20.8 Å². The number of nitrogens with zero attached hydrogens (tertiary/aromatic N) is 4. The van der Waals surface area contributed by atoms with Gasteiger partial charge < -0.3 is 25.7 Å². The summed E-state index contributed by atoms with van der Waals surface area (Å²) in [7, 11) is 0. The summed E-state index contributed by atoms with van der Waals surface area (Å²) in [5, 5.41) is 20.8. The number of amidine groups is 1. The number of aryl methyl sites for hydroxylation is 1. The van der Waals surface area contributed by atoms with Crippen molar-refractivity contribution >= 4 is 11.8 Å². The van der Waals surface area contributed by atoms with Crippen LogP contribution in [0.1, 0.15) is 11.4 Å². The maximum absolute atomic E-state index is 9.13. The van der Waals surface area contributed by atoms with Crippen molar-refractivity contribution in [2.24, 2.45) is 10.9 Å². The number of ether oxygens (including phenoxy) is 1. The number of oxime groups is 1. The summed E-state index contributed by atoms with van der Waals surface area (Å²) in [6, 6.07) is 1.64. The van der Waals surface area contributed by atoms with E-state index in [0.29, 0.717) is 31.3 Å². The number of hydrogen-bond acceptors (Lipinski definition) is 7. The molecule has 19 heavy (non-hydrogen) atoms. The normalized spacial score (nSPS) is 20.6. The summed E-state index contributed by atoms with van der Waals surface area (Å²) in [6.45, 7) is 3.41. The lowest BCUT2D eigenvalue weighted by molar-refractivity contribution is 0.00313. The molecule has 1 saturated heterocycles. The van der Waals surface area contributed by atoms with Crippen molar-refractivity contribution in [1.82, 2.24) is 9.97 Å². The van der Waals surface area contributed by atoms with Crippen molar-refractivity contribution in [3.8, 4) is 0 Å². The second kappa shape index (κ2) is 5.81. The smallest absolute Gasteiger partial charge is 0.226 e. The van der Waals surface area contributed by atoms with E-state index in [1.54, 1.807) is 6.07 Å². The largest absolute Gasteiger partial charge is 0.409 e. The lowest BCUT2D eigenvalue weighted by atomic mass is 10.3. The van der Waals surface area contributed by atoms with Gasteiger partial charge in [0, 0.05) is 18.8 Å². The molecule has 4 N–H and O–H groups in total. The van der Waals surface area contributed by atoms with E-state index in [0.717, 1.165) is 5.69 Å². The minimum Gasteiger partial charge on any atom is -0.409 e. The van der Waals surface area contributed by atoms with Crippen LogP contribution in [0.5, 0.6) is 0 Å². The zero-order valence-electron chi connectivity index (χ0n) is 10.7. The Hall–Kier alpha value is -1.93. The fraction of sp³-hybridized carbons (Fsp3) is 0.545. The van der Waals surface area contributed by atoms with E-state index in [1.165, 1.54) is 0 Å². The second-order valence-corrected chi connectivity index (χ2v) is 4.30. The molecule has 2 heterocycles. The number of rotatable bonds is 3. The zero-order chi connectivity index (χ0) is 13.8. The fourth-order valence-corrected chi connectivity index (χ4v) is 1.89. The molecule has 1 aliphatic rings. The Bertz CT molecular complexity index is 479. The molecular formula is C11H17N5O3. The Morgan fingerprint density at radius 3 is 3.11 bits per heavy atom. The monoisotopic (exact) mass is 267 g/mol. The molecule has 0 spiro atoms. The number of aliphatic hydroxyl groups excluding tert-OH is 1. The van der Waals surface area contributed by atoms with Crippen LogP contribution in [0.4, 0.5) is 5.95 Å². The number of nitrogens with two attached hydrogens (primary N) is 1. The van der Waals surface area contributed by atoms with Crippen LogP contribution in [0.3, 0.4) is 0 Å². The quantitative estimate of drug-likeness (QED) is 0.280. The first-order chi connectivity index (χ1) is 9.13. The lowest BCUT2D eigenvalue weighted by Gasteiger charge is -2.32. The van der Waals surface area contributed by atoms with Crippen molar-refractivity contribution in [2.75, 3.05) is 31.2 Å². The summed E-state index contributed by atoms with van der Waals surface area (Å²) in [4.78, 5) is 10.5. The molecule has 8 nitrogen and oxygen atoms in total. The second-order valence-electron chi connectivity index (χ2n) is 4.30. The minimum atomic E-state index is -0.245. The SMILES string of the molecule is Cc1cc(/C(N)=N/O)nc(N2CCOC(CO)C2)n1. The van der Waals surface area contributed by atoms with Gasteiger partial charge in [-0.15, -0.1) is 0 Å². The molecule has 1 aromatic rings. The first-order valence-electron chi connectivity index (χ1n) is 5.95. The average molecular weight is 267 g/mol. The molecule has 0 saturated carbocycles. The van der Waals surface area contributed by atoms with E-state index < -0.39 is 0 Å². The number of aromatic nitrogens is 2. The van der Waals surface area contributed by atoms with Gasteiger partial charge >= 0.3 is 0 Å². The maximum Gasteiger partial charge on any atom is 0.226 e. The summed E-state index contributed by atoms with van der Waals surface area (Å²) in [5.41, 5.74) is 6.63. The van der Waals surface area contributed by atoms with Crippen molar-refractivity contribution in [2.45, 2.75) is 13.0 Å². The van der Waals surface area contributed by atoms with Gasteiger partial charge in [0.1, 0.15) is 5.69 Å². The Balaban J connectivity index is 2.26. The van der Waals surface area contributed by atoms with Crippen molar-refractivity contribution in [3.05, 3.63) is 17.5 Å². The number of hydrogen-bond donors (Lipinski definition) is 3. The van der Waals surface area contributed by atoms with Gasteiger partial charge in [0.15, 0.2) is 5.84 Å². The lowest BCUT2D eigenvalue weighted by Crippen LogP contribution is -2.45. The van der Waals surface area contributed by atoms with Crippen LogP contribution in [-0.4, -0.2) is 58.5 Å². The molecule has 1 atom stereocenters. The molecule has 0 aromatic carbocycles. The van der Waals surface area contributed by atoms with Crippen LogP contribution in [0.2, 0.25) is 0 Å². The molecular weight excluding hydrogens is 250 g/mol. The Labute approximate surface area is 110 Å². The number of anilines is 1. The van der Waals surface area contributed by atoms with Gasteiger partial charge in [-0.05, 0) is 13.0 Å². The van der Waals surface area contributed by atoms with Gasteiger partial charge in [0.25, 0.3) is 0 Å². The first-order valence-corrected chi connectivity index (χ1v) is 5.95. The summed E-state index contributed by atoms with van der Waals surface area (Å²) in [5.74, 6) is 0.432. The van der Waals surface area contributed by atoms with Gasteiger partial charge in [-0.1, -0.05) is 5.16 Å².